The van der Waals surface area contributed by atoms with E-state index in [4.69, 9.17) is 10.2 Å². The van der Waals surface area contributed by atoms with E-state index in [2.05, 4.69) is 30.4 Å². The minimum atomic E-state index is 0.0187. The lowest BCUT2D eigenvalue weighted by Crippen LogP contribution is -2.29. The van der Waals surface area contributed by atoms with Gasteiger partial charge in [-0.1, -0.05) is 6.07 Å². The third-order valence-corrected chi connectivity index (χ3v) is 3.59. The number of rotatable bonds is 8. The van der Waals surface area contributed by atoms with E-state index < -0.39 is 0 Å². The molecule has 0 aliphatic heterocycles. The summed E-state index contributed by atoms with van der Waals surface area (Å²) in [6.07, 6.45) is 1.68. The largest absolute Gasteiger partial charge is 0.395 e. The summed E-state index contributed by atoms with van der Waals surface area (Å²) < 4.78 is 0. The Morgan fingerprint density at radius 3 is 2.38 bits per heavy atom. The van der Waals surface area contributed by atoms with Crippen molar-refractivity contribution in [2.45, 2.75) is 0 Å². The number of aromatic nitrogens is 4. The second-order valence-electron chi connectivity index (χ2n) is 5.35. The summed E-state index contributed by atoms with van der Waals surface area (Å²) >= 11 is 0. The zero-order valence-corrected chi connectivity index (χ0v) is 14.0. The molecule has 3 aromatic rings. The van der Waals surface area contributed by atoms with Crippen molar-refractivity contribution in [3.05, 3.63) is 48.7 Å². The number of aromatic amines is 1. The number of anilines is 1. The van der Waals surface area contributed by atoms with Crippen LogP contribution in [0.25, 0.3) is 11.5 Å². The molecule has 3 rings (SSSR count). The van der Waals surface area contributed by atoms with Crippen LogP contribution in [0.5, 0.6) is 0 Å². The molecular formula is C17H19N7O2. The summed E-state index contributed by atoms with van der Waals surface area (Å²) in [5, 5.41) is 33.1. The van der Waals surface area contributed by atoms with Gasteiger partial charge in [-0.25, -0.2) is 0 Å². The van der Waals surface area contributed by atoms with Crippen molar-refractivity contribution in [1.82, 2.24) is 20.2 Å². The van der Waals surface area contributed by atoms with E-state index in [0.717, 1.165) is 5.69 Å². The van der Waals surface area contributed by atoms with Gasteiger partial charge in [0.15, 0.2) is 5.82 Å². The molecule has 0 bridgehead atoms. The molecular weight excluding hydrogens is 334 g/mol. The molecule has 1 aromatic carbocycles. The van der Waals surface area contributed by atoms with Crippen LogP contribution in [0.15, 0.2) is 58.9 Å². The Bertz CT molecular complexity index is 828. The molecule has 0 aliphatic carbocycles. The summed E-state index contributed by atoms with van der Waals surface area (Å²) in [6.45, 7) is 0.944. The molecule has 0 unspecified atom stereocenters. The molecule has 26 heavy (non-hydrogen) atoms. The third kappa shape index (κ3) is 4.47. The van der Waals surface area contributed by atoms with Gasteiger partial charge < -0.3 is 15.1 Å². The second-order valence-corrected chi connectivity index (χ2v) is 5.35. The quantitative estimate of drug-likeness (QED) is 0.533. The molecule has 0 fully saturated rings. The molecule has 2 heterocycles. The number of benzene rings is 1. The predicted molar refractivity (Wildman–Crippen MR) is 96.6 cm³/mol. The standard InChI is InChI=1S/C17H19N7O2/c25-11-9-24(10-12-26)14-6-4-13(5-7-14)20-22-17-19-16(21-23-17)15-3-1-2-8-18-15/h1-8,25-26H,9-12H2,(H,19,21,23). The maximum absolute atomic E-state index is 9.10. The summed E-state index contributed by atoms with van der Waals surface area (Å²) in [5.41, 5.74) is 2.21. The van der Waals surface area contributed by atoms with Crippen LogP contribution in [0, 0.1) is 0 Å². The average Bonchev–Trinajstić information content (AvgIpc) is 3.16. The molecule has 0 spiro atoms. The molecule has 0 saturated heterocycles. The Kier molecular flexibility index (Phi) is 5.96. The maximum atomic E-state index is 9.10. The second kappa shape index (κ2) is 8.79. The highest BCUT2D eigenvalue weighted by atomic mass is 16.3. The SMILES string of the molecule is OCCN(CCO)c1ccc(N=Nc2n[nH]c(-c3ccccn3)n2)cc1. The number of hydrogen-bond donors (Lipinski definition) is 3. The molecule has 0 radical (unpaired) electrons. The first-order valence-electron chi connectivity index (χ1n) is 8.12. The topological polar surface area (TPSA) is 123 Å². The first kappa shape index (κ1) is 17.6. The van der Waals surface area contributed by atoms with Crippen LogP contribution in [0.1, 0.15) is 0 Å². The number of hydrogen-bond acceptors (Lipinski definition) is 8. The van der Waals surface area contributed by atoms with E-state index in [1.165, 1.54) is 0 Å². The lowest BCUT2D eigenvalue weighted by molar-refractivity contribution is 0.281. The highest BCUT2D eigenvalue weighted by molar-refractivity contribution is 5.53. The molecule has 0 atom stereocenters. The van der Waals surface area contributed by atoms with Gasteiger partial charge in [-0.15, -0.1) is 15.3 Å². The van der Waals surface area contributed by atoms with Crippen molar-refractivity contribution >= 4 is 17.3 Å². The Labute approximate surface area is 150 Å². The summed E-state index contributed by atoms with van der Waals surface area (Å²) in [7, 11) is 0. The monoisotopic (exact) mass is 353 g/mol. The summed E-state index contributed by atoms with van der Waals surface area (Å²) in [6, 6.07) is 12.8. The molecule has 0 saturated carbocycles. The minimum Gasteiger partial charge on any atom is -0.395 e. The lowest BCUT2D eigenvalue weighted by atomic mass is 10.2. The highest BCUT2D eigenvalue weighted by Gasteiger charge is 2.06. The first-order chi connectivity index (χ1) is 12.8. The van der Waals surface area contributed by atoms with E-state index in [1.54, 1.807) is 18.3 Å². The maximum Gasteiger partial charge on any atom is 0.287 e. The van der Waals surface area contributed by atoms with Crippen LogP contribution < -0.4 is 4.90 Å². The van der Waals surface area contributed by atoms with Crippen LogP contribution in [-0.2, 0) is 0 Å². The molecule has 9 nitrogen and oxygen atoms in total. The fraction of sp³-hybridized carbons (Fsp3) is 0.235. The van der Waals surface area contributed by atoms with E-state index in [1.807, 2.05) is 35.2 Å². The van der Waals surface area contributed by atoms with Crippen LogP contribution in [0.2, 0.25) is 0 Å². The van der Waals surface area contributed by atoms with Gasteiger partial charge in [0, 0.05) is 25.0 Å². The number of H-pyrrole nitrogens is 1. The zero-order valence-electron chi connectivity index (χ0n) is 14.0. The van der Waals surface area contributed by atoms with Gasteiger partial charge in [0.1, 0.15) is 5.69 Å². The number of pyridine rings is 1. The van der Waals surface area contributed by atoms with Gasteiger partial charge in [0.05, 0.1) is 18.9 Å². The molecule has 3 N–H and O–H groups in total. The predicted octanol–water partition coefficient (Wildman–Crippen LogP) is 2.07. The van der Waals surface area contributed by atoms with Crippen LogP contribution in [-0.4, -0.2) is 56.7 Å². The van der Waals surface area contributed by atoms with Crippen LogP contribution in [0.3, 0.4) is 0 Å². The Morgan fingerprint density at radius 1 is 0.962 bits per heavy atom. The Hall–Kier alpha value is -3.17. The van der Waals surface area contributed by atoms with Crippen molar-refractivity contribution in [2.75, 3.05) is 31.2 Å². The van der Waals surface area contributed by atoms with Crippen molar-refractivity contribution in [2.24, 2.45) is 10.2 Å². The summed E-state index contributed by atoms with van der Waals surface area (Å²) in [4.78, 5) is 10.3. The van der Waals surface area contributed by atoms with Gasteiger partial charge in [0.2, 0.25) is 0 Å². The smallest absolute Gasteiger partial charge is 0.287 e. The van der Waals surface area contributed by atoms with Gasteiger partial charge in [-0.3, -0.25) is 10.1 Å². The molecule has 2 aromatic heterocycles. The molecule has 134 valence electrons. The van der Waals surface area contributed by atoms with Crippen molar-refractivity contribution in [3.8, 4) is 11.5 Å². The Morgan fingerprint density at radius 2 is 1.73 bits per heavy atom. The number of nitrogens with zero attached hydrogens (tertiary/aromatic N) is 6. The van der Waals surface area contributed by atoms with Crippen molar-refractivity contribution in [1.29, 1.82) is 0 Å². The average molecular weight is 353 g/mol. The highest BCUT2D eigenvalue weighted by Crippen LogP contribution is 2.21. The van der Waals surface area contributed by atoms with E-state index >= 15 is 0 Å². The van der Waals surface area contributed by atoms with E-state index in [-0.39, 0.29) is 19.2 Å². The number of aliphatic hydroxyl groups excluding tert-OH is 2. The lowest BCUT2D eigenvalue weighted by Gasteiger charge is -2.22. The third-order valence-electron chi connectivity index (χ3n) is 3.59. The van der Waals surface area contributed by atoms with Crippen molar-refractivity contribution < 1.29 is 10.2 Å². The summed E-state index contributed by atoms with van der Waals surface area (Å²) in [5.74, 6) is 0.746. The number of azo groups is 1. The normalized spacial score (nSPS) is 11.2. The first-order valence-corrected chi connectivity index (χ1v) is 8.12. The molecule has 0 aliphatic rings. The van der Waals surface area contributed by atoms with Gasteiger partial charge in [-0.05, 0) is 36.4 Å². The fourth-order valence-electron chi connectivity index (χ4n) is 2.36. The van der Waals surface area contributed by atoms with Gasteiger partial charge in [-0.2, -0.15) is 4.98 Å². The number of nitrogens with one attached hydrogen (secondary N) is 1. The van der Waals surface area contributed by atoms with Gasteiger partial charge in [0.25, 0.3) is 5.95 Å². The van der Waals surface area contributed by atoms with Crippen LogP contribution >= 0.6 is 0 Å². The zero-order chi connectivity index (χ0) is 18.2. The minimum absolute atomic E-state index is 0.0187. The molecule has 0 amide bonds. The van der Waals surface area contributed by atoms with Crippen molar-refractivity contribution in [3.63, 3.8) is 0 Å². The fourth-order valence-corrected chi connectivity index (χ4v) is 2.36. The van der Waals surface area contributed by atoms with Crippen LogP contribution in [0.4, 0.5) is 17.3 Å². The van der Waals surface area contributed by atoms with E-state index in [0.29, 0.717) is 30.3 Å². The van der Waals surface area contributed by atoms with E-state index in [9.17, 15) is 0 Å². The molecule has 9 heteroatoms. The number of aliphatic hydroxyl groups is 2. The van der Waals surface area contributed by atoms with Gasteiger partial charge >= 0.3 is 0 Å². The Balaban J connectivity index is 1.68.